The number of rotatable bonds is 3. The molecule has 0 saturated carbocycles. The van der Waals surface area contributed by atoms with Crippen LogP contribution >= 0.6 is 0 Å². The van der Waals surface area contributed by atoms with Crippen molar-refractivity contribution in [2.75, 3.05) is 18.4 Å². The number of anilines is 1. The molecule has 1 saturated heterocycles. The Morgan fingerprint density at radius 3 is 2.77 bits per heavy atom. The Labute approximate surface area is 130 Å². The number of nitriles is 1. The van der Waals surface area contributed by atoms with Gasteiger partial charge >= 0.3 is 0 Å². The lowest BCUT2D eigenvalue weighted by atomic mass is 10.2. The van der Waals surface area contributed by atoms with Crippen molar-refractivity contribution in [2.24, 2.45) is 0 Å². The lowest BCUT2D eigenvalue weighted by Gasteiger charge is -2.35. The molecule has 1 aromatic rings. The molecule has 2 unspecified atom stereocenters. The number of pyridine rings is 1. The summed E-state index contributed by atoms with van der Waals surface area (Å²) in [6.45, 7) is 6.76. The number of amides is 1. The lowest BCUT2D eigenvalue weighted by Crippen LogP contribution is -2.48. The fourth-order valence-corrected chi connectivity index (χ4v) is 2.42. The number of aryl methyl sites for hydroxylation is 1. The van der Waals surface area contributed by atoms with Gasteiger partial charge in [-0.1, -0.05) is 0 Å². The van der Waals surface area contributed by atoms with Gasteiger partial charge in [0.25, 0.3) is 5.91 Å². The van der Waals surface area contributed by atoms with E-state index in [0.29, 0.717) is 18.9 Å². The van der Waals surface area contributed by atoms with Crippen LogP contribution in [0.5, 0.6) is 0 Å². The zero-order valence-electron chi connectivity index (χ0n) is 13.0. The van der Waals surface area contributed by atoms with Crippen LogP contribution in [-0.2, 0) is 9.53 Å². The Bertz CT molecular complexity index is 611. The van der Waals surface area contributed by atoms with Crippen LogP contribution in [-0.4, -0.2) is 41.1 Å². The maximum Gasteiger partial charge on any atom is 0.266 e. The zero-order chi connectivity index (χ0) is 16.1. The second kappa shape index (κ2) is 7.05. The van der Waals surface area contributed by atoms with Gasteiger partial charge in [0.05, 0.1) is 12.2 Å². The van der Waals surface area contributed by atoms with Crippen molar-refractivity contribution in [2.45, 2.75) is 33.0 Å². The molecular weight excluding hydrogens is 280 g/mol. The van der Waals surface area contributed by atoms with E-state index in [-0.39, 0.29) is 23.7 Å². The highest BCUT2D eigenvalue weighted by atomic mass is 16.5. The lowest BCUT2D eigenvalue weighted by molar-refractivity contribution is -0.138. The van der Waals surface area contributed by atoms with Crippen LogP contribution in [0.1, 0.15) is 19.4 Å². The Morgan fingerprint density at radius 2 is 2.18 bits per heavy atom. The summed E-state index contributed by atoms with van der Waals surface area (Å²) in [5, 5.41) is 12.1. The smallest absolute Gasteiger partial charge is 0.266 e. The first kappa shape index (κ1) is 16.0. The van der Waals surface area contributed by atoms with Crippen molar-refractivity contribution in [3.05, 3.63) is 35.7 Å². The van der Waals surface area contributed by atoms with Crippen LogP contribution in [0.3, 0.4) is 0 Å². The van der Waals surface area contributed by atoms with Crippen LogP contribution in [0.25, 0.3) is 0 Å². The van der Waals surface area contributed by atoms with E-state index in [4.69, 9.17) is 4.74 Å². The van der Waals surface area contributed by atoms with Gasteiger partial charge in [-0.05, 0) is 38.5 Å². The monoisotopic (exact) mass is 300 g/mol. The highest BCUT2D eigenvalue weighted by Gasteiger charge is 2.27. The van der Waals surface area contributed by atoms with Crippen molar-refractivity contribution in [3.8, 4) is 6.07 Å². The summed E-state index contributed by atoms with van der Waals surface area (Å²) < 4.78 is 5.60. The van der Waals surface area contributed by atoms with Crippen LogP contribution in [0, 0.1) is 18.3 Å². The van der Waals surface area contributed by atoms with Crippen molar-refractivity contribution in [3.63, 3.8) is 0 Å². The fourth-order valence-electron chi connectivity index (χ4n) is 2.42. The Hall–Kier alpha value is -2.39. The van der Waals surface area contributed by atoms with Crippen LogP contribution in [0.2, 0.25) is 0 Å². The zero-order valence-corrected chi connectivity index (χ0v) is 13.0. The molecule has 2 heterocycles. The molecule has 116 valence electrons. The molecule has 0 aliphatic carbocycles. The van der Waals surface area contributed by atoms with Crippen molar-refractivity contribution >= 4 is 11.7 Å². The molecule has 0 radical (unpaired) electrons. The minimum atomic E-state index is -0.287. The van der Waals surface area contributed by atoms with Crippen molar-refractivity contribution < 1.29 is 9.53 Å². The molecule has 2 rings (SSSR count). The number of morpholine rings is 1. The van der Waals surface area contributed by atoms with E-state index < -0.39 is 0 Å². The van der Waals surface area contributed by atoms with E-state index in [1.807, 2.05) is 39.0 Å². The number of carbonyl (C=O) groups is 1. The standard InChI is InChI=1S/C16H20N4O2/c1-11-4-5-18-15(6-11)19-8-14(7-17)16(21)20-9-12(2)22-13(3)10-20/h4-6,8,12-13H,9-10H2,1-3H3,(H,18,19)/b14-8-. The molecule has 22 heavy (non-hydrogen) atoms. The number of nitrogens with one attached hydrogen (secondary N) is 1. The van der Waals surface area contributed by atoms with Crippen molar-refractivity contribution in [1.82, 2.24) is 9.88 Å². The number of nitrogens with zero attached hydrogens (tertiary/aromatic N) is 3. The predicted octanol–water partition coefficient (Wildman–Crippen LogP) is 1.85. The van der Waals surface area contributed by atoms with Crippen LogP contribution < -0.4 is 5.32 Å². The molecule has 1 amide bonds. The first-order chi connectivity index (χ1) is 10.5. The second-order valence-corrected chi connectivity index (χ2v) is 5.50. The van der Waals surface area contributed by atoms with Crippen LogP contribution in [0.4, 0.5) is 5.82 Å². The summed E-state index contributed by atoms with van der Waals surface area (Å²) in [4.78, 5) is 18.2. The van der Waals surface area contributed by atoms with Gasteiger partial charge in [0.2, 0.25) is 0 Å². The van der Waals surface area contributed by atoms with E-state index in [2.05, 4.69) is 10.3 Å². The summed E-state index contributed by atoms with van der Waals surface area (Å²) in [6, 6.07) is 5.67. The number of hydrogen-bond donors (Lipinski definition) is 1. The predicted molar refractivity (Wildman–Crippen MR) is 82.9 cm³/mol. The van der Waals surface area contributed by atoms with Gasteiger partial charge in [0, 0.05) is 25.5 Å². The van der Waals surface area contributed by atoms with Crippen LogP contribution in [0.15, 0.2) is 30.1 Å². The Morgan fingerprint density at radius 1 is 1.50 bits per heavy atom. The fraction of sp³-hybridized carbons (Fsp3) is 0.438. The third-order valence-corrected chi connectivity index (χ3v) is 3.34. The maximum absolute atomic E-state index is 12.4. The van der Waals surface area contributed by atoms with Gasteiger partial charge in [0.1, 0.15) is 17.5 Å². The normalized spacial score (nSPS) is 22.1. The molecule has 1 fully saturated rings. The maximum atomic E-state index is 12.4. The average Bonchev–Trinajstić information content (AvgIpc) is 2.46. The number of ether oxygens (including phenoxy) is 1. The molecule has 0 aromatic carbocycles. The van der Waals surface area contributed by atoms with E-state index in [1.165, 1.54) is 6.20 Å². The second-order valence-electron chi connectivity index (χ2n) is 5.50. The molecule has 2 atom stereocenters. The molecule has 1 N–H and O–H groups in total. The largest absolute Gasteiger partial charge is 0.372 e. The summed E-state index contributed by atoms with van der Waals surface area (Å²) in [7, 11) is 0. The van der Waals surface area contributed by atoms with Gasteiger partial charge in [-0.2, -0.15) is 5.26 Å². The van der Waals surface area contributed by atoms with E-state index in [9.17, 15) is 10.1 Å². The molecule has 0 bridgehead atoms. The van der Waals surface area contributed by atoms with E-state index in [1.54, 1.807) is 11.1 Å². The number of aromatic nitrogens is 1. The van der Waals surface area contributed by atoms with Gasteiger partial charge in [0.15, 0.2) is 0 Å². The summed E-state index contributed by atoms with van der Waals surface area (Å²) in [5.41, 5.74) is 1.11. The molecule has 6 heteroatoms. The third kappa shape index (κ3) is 4.06. The topological polar surface area (TPSA) is 78.2 Å². The van der Waals surface area contributed by atoms with E-state index in [0.717, 1.165) is 5.56 Å². The summed E-state index contributed by atoms with van der Waals surface area (Å²) in [6.07, 6.45) is 3.03. The third-order valence-electron chi connectivity index (χ3n) is 3.34. The van der Waals surface area contributed by atoms with E-state index >= 15 is 0 Å². The van der Waals surface area contributed by atoms with Gasteiger partial charge in [-0.3, -0.25) is 4.79 Å². The number of carbonyl (C=O) groups excluding carboxylic acids is 1. The Balaban J connectivity index is 2.08. The van der Waals surface area contributed by atoms with Gasteiger partial charge < -0.3 is 15.0 Å². The molecule has 1 aromatic heterocycles. The minimum Gasteiger partial charge on any atom is -0.372 e. The minimum absolute atomic E-state index is 0.0287. The quantitative estimate of drug-likeness (QED) is 0.681. The van der Waals surface area contributed by atoms with Crippen molar-refractivity contribution in [1.29, 1.82) is 5.26 Å². The summed E-state index contributed by atoms with van der Waals surface area (Å²) in [5.74, 6) is 0.314. The molecular formula is C16H20N4O2. The first-order valence-corrected chi connectivity index (χ1v) is 7.23. The number of hydrogen-bond acceptors (Lipinski definition) is 5. The molecule has 6 nitrogen and oxygen atoms in total. The SMILES string of the molecule is Cc1ccnc(N/C=C(/C#N)C(=O)N2CC(C)OC(C)C2)c1. The highest BCUT2D eigenvalue weighted by Crippen LogP contribution is 2.14. The molecule has 1 aliphatic rings. The van der Waals surface area contributed by atoms with Gasteiger partial charge in [-0.15, -0.1) is 0 Å². The first-order valence-electron chi connectivity index (χ1n) is 7.23. The average molecular weight is 300 g/mol. The molecule has 1 aliphatic heterocycles. The summed E-state index contributed by atoms with van der Waals surface area (Å²) >= 11 is 0. The molecule has 0 spiro atoms. The Kier molecular flexibility index (Phi) is 5.12. The van der Waals surface area contributed by atoms with Gasteiger partial charge in [-0.25, -0.2) is 4.98 Å². The highest BCUT2D eigenvalue weighted by molar-refractivity contribution is 5.97.